The molecule has 2 nitrogen and oxygen atoms in total. The van der Waals surface area contributed by atoms with E-state index in [0.717, 1.165) is 26.2 Å². The van der Waals surface area contributed by atoms with Gasteiger partial charge in [0.15, 0.2) is 0 Å². The Hall–Kier alpha value is -0.0800. The van der Waals surface area contributed by atoms with Crippen LogP contribution in [0.25, 0.3) is 0 Å². The van der Waals surface area contributed by atoms with Gasteiger partial charge in [0.2, 0.25) is 0 Å². The van der Waals surface area contributed by atoms with Crippen molar-refractivity contribution in [2.45, 2.75) is 39.7 Å². The summed E-state index contributed by atoms with van der Waals surface area (Å²) in [6.07, 6.45) is 2.37. The fourth-order valence-electron chi connectivity index (χ4n) is 1.72. The van der Waals surface area contributed by atoms with Gasteiger partial charge in [-0.15, -0.1) is 0 Å². The summed E-state index contributed by atoms with van der Waals surface area (Å²) < 4.78 is 5.50. The van der Waals surface area contributed by atoms with E-state index >= 15 is 0 Å². The molecule has 0 bridgehead atoms. The Bertz CT molecular complexity index is 134. The first-order valence-electron chi connectivity index (χ1n) is 4.95. The lowest BCUT2D eigenvalue weighted by atomic mass is 9.91. The predicted octanol–water partition coefficient (Wildman–Crippen LogP) is 1.80. The van der Waals surface area contributed by atoms with Crippen LogP contribution in [0.4, 0.5) is 0 Å². The molecule has 1 aliphatic heterocycles. The Morgan fingerprint density at radius 1 is 1.50 bits per heavy atom. The summed E-state index contributed by atoms with van der Waals surface area (Å²) in [5.74, 6) is 0. The second-order valence-electron chi connectivity index (χ2n) is 4.52. The van der Waals surface area contributed by atoms with Gasteiger partial charge in [0.25, 0.3) is 0 Å². The maximum absolute atomic E-state index is 5.50. The van der Waals surface area contributed by atoms with Crippen molar-refractivity contribution in [2.24, 2.45) is 5.41 Å². The van der Waals surface area contributed by atoms with Crippen LogP contribution in [0.1, 0.15) is 33.6 Å². The summed E-state index contributed by atoms with van der Waals surface area (Å²) in [6, 6.07) is 0.589. The van der Waals surface area contributed by atoms with Crippen molar-refractivity contribution in [2.75, 3.05) is 19.8 Å². The first-order valence-corrected chi connectivity index (χ1v) is 4.95. The smallest absolute Gasteiger partial charge is 0.0619 e. The highest BCUT2D eigenvalue weighted by Gasteiger charge is 2.30. The minimum absolute atomic E-state index is 0.472. The summed E-state index contributed by atoms with van der Waals surface area (Å²) in [7, 11) is 0. The monoisotopic (exact) mass is 171 g/mol. The third-order valence-electron chi connectivity index (χ3n) is 2.34. The Morgan fingerprint density at radius 3 is 2.75 bits per heavy atom. The molecule has 0 amide bonds. The molecule has 12 heavy (non-hydrogen) atoms. The van der Waals surface area contributed by atoms with Gasteiger partial charge in [0.1, 0.15) is 0 Å². The van der Waals surface area contributed by atoms with E-state index in [1.807, 2.05) is 0 Å². The SMILES string of the molecule is CCCOCC1CC(C)(C)CN1. The van der Waals surface area contributed by atoms with Crippen LogP contribution in [0, 0.1) is 5.41 Å². The predicted molar refractivity (Wildman–Crippen MR) is 51.3 cm³/mol. The molecule has 72 valence electrons. The Labute approximate surface area is 75.7 Å². The topological polar surface area (TPSA) is 21.3 Å². The summed E-state index contributed by atoms with van der Waals surface area (Å²) in [4.78, 5) is 0. The van der Waals surface area contributed by atoms with Gasteiger partial charge in [-0.05, 0) is 18.3 Å². The third kappa shape index (κ3) is 3.11. The maximum Gasteiger partial charge on any atom is 0.0619 e. The molecule has 0 radical (unpaired) electrons. The van der Waals surface area contributed by atoms with Crippen LogP contribution >= 0.6 is 0 Å². The number of hydrogen-bond acceptors (Lipinski definition) is 2. The maximum atomic E-state index is 5.50. The standard InChI is InChI=1S/C10H21NO/c1-4-5-12-7-9-6-10(2,3)8-11-9/h9,11H,4-8H2,1-3H3. The minimum Gasteiger partial charge on any atom is -0.380 e. The Balaban J connectivity index is 2.11. The number of nitrogens with one attached hydrogen (secondary N) is 1. The van der Waals surface area contributed by atoms with Crippen LogP contribution in [-0.4, -0.2) is 25.8 Å². The van der Waals surface area contributed by atoms with E-state index < -0.39 is 0 Å². The largest absolute Gasteiger partial charge is 0.380 e. The molecule has 1 saturated heterocycles. The van der Waals surface area contributed by atoms with E-state index in [1.54, 1.807) is 0 Å². The second kappa shape index (κ2) is 4.24. The Kier molecular flexibility index (Phi) is 3.53. The molecule has 1 N–H and O–H groups in total. The number of rotatable bonds is 4. The molecule has 2 heteroatoms. The highest BCUT2D eigenvalue weighted by atomic mass is 16.5. The summed E-state index contributed by atoms with van der Waals surface area (Å²) >= 11 is 0. The van der Waals surface area contributed by atoms with E-state index in [-0.39, 0.29) is 0 Å². The fourth-order valence-corrected chi connectivity index (χ4v) is 1.72. The quantitative estimate of drug-likeness (QED) is 0.651. The minimum atomic E-state index is 0.472. The van der Waals surface area contributed by atoms with Crippen LogP contribution in [-0.2, 0) is 4.74 Å². The van der Waals surface area contributed by atoms with Gasteiger partial charge in [0, 0.05) is 19.2 Å². The molecule has 0 saturated carbocycles. The molecule has 1 rings (SSSR count). The second-order valence-corrected chi connectivity index (χ2v) is 4.52. The van der Waals surface area contributed by atoms with Crippen molar-refractivity contribution in [1.82, 2.24) is 5.32 Å². The molecule has 0 aromatic heterocycles. The molecule has 0 aromatic rings. The van der Waals surface area contributed by atoms with Crippen LogP contribution < -0.4 is 5.32 Å². The van der Waals surface area contributed by atoms with Crippen molar-refractivity contribution >= 4 is 0 Å². The lowest BCUT2D eigenvalue weighted by Gasteiger charge is -2.15. The molecular formula is C10H21NO. The zero-order valence-corrected chi connectivity index (χ0v) is 8.52. The zero-order chi connectivity index (χ0) is 9.03. The van der Waals surface area contributed by atoms with E-state index in [2.05, 4.69) is 26.1 Å². The fraction of sp³-hybridized carbons (Fsp3) is 1.00. The lowest BCUT2D eigenvalue weighted by molar-refractivity contribution is 0.114. The molecule has 1 fully saturated rings. The van der Waals surface area contributed by atoms with Crippen molar-refractivity contribution in [3.05, 3.63) is 0 Å². The van der Waals surface area contributed by atoms with Crippen LogP contribution in [0.5, 0.6) is 0 Å². The highest BCUT2D eigenvalue weighted by Crippen LogP contribution is 2.26. The molecule has 1 unspecified atom stereocenters. The average molecular weight is 171 g/mol. The van der Waals surface area contributed by atoms with Crippen molar-refractivity contribution in [3.8, 4) is 0 Å². The van der Waals surface area contributed by atoms with Gasteiger partial charge >= 0.3 is 0 Å². The molecule has 1 aliphatic rings. The first kappa shape index (κ1) is 10.0. The normalized spacial score (nSPS) is 27.8. The molecule has 1 heterocycles. The number of ether oxygens (including phenoxy) is 1. The molecule has 0 aromatic carbocycles. The van der Waals surface area contributed by atoms with Gasteiger partial charge in [-0.3, -0.25) is 0 Å². The van der Waals surface area contributed by atoms with E-state index in [1.165, 1.54) is 6.42 Å². The van der Waals surface area contributed by atoms with Gasteiger partial charge in [0.05, 0.1) is 6.61 Å². The summed E-state index contributed by atoms with van der Waals surface area (Å²) in [6.45, 7) is 9.68. The van der Waals surface area contributed by atoms with E-state index in [9.17, 15) is 0 Å². The van der Waals surface area contributed by atoms with Crippen LogP contribution in [0.15, 0.2) is 0 Å². The lowest BCUT2D eigenvalue weighted by Crippen LogP contribution is -2.26. The summed E-state index contributed by atoms with van der Waals surface area (Å²) in [5.41, 5.74) is 0.472. The number of hydrogen-bond donors (Lipinski definition) is 1. The first-order chi connectivity index (χ1) is 5.64. The van der Waals surface area contributed by atoms with Crippen molar-refractivity contribution < 1.29 is 4.74 Å². The highest BCUT2D eigenvalue weighted by molar-refractivity contribution is 4.87. The van der Waals surface area contributed by atoms with Gasteiger partial charge in [-0.25, -0.2) is 0 Å². The average Bonchev–Trinajstić information content (AvgIpc) is 2.31. The van der Waals surface area contributed by atoms with Crippen LogP contribution in [0.2, 0.25) is 0 Å². The summed E-state index contributed by atoms with van der Waals surface area (Å²) in [5, 5.41) is 3.48. The zero-order valence-electron chi connectivity index (χ0n) is 8.52. The van der Waals surface area contributed by atoms with Gasteiger partial charge in [-0.2, -0.15) is 0 Å². The molecular weight excluding hydrogens is 150 g/mol. The van der Waals surface area contributed by atoms with Crippen molar-refractivity contribution in [3.63, 3.8) is 0 Å². The van der Waals surface area contributed by atoms with Gasteiger partial charge in [-0.1, -0.05) is 20.8 Å². The third-order valence-corrected chi connectivity index (χ3v) is 2.34. The molecule has 0 aliphatic carbocycles. The van der Waals surface area contributed by atoms with Crippen molar-refractivity contribution in [1.29, 1.82) is 0 Å². The molecule has 0 spiro atoms. The van der Waals surface area contributed by atoms with Gasteiger partial charge < -0.3 is 10.1 Å². The van der Waals surface area contributed by atoms with E-state index in [0.29, 0.717) is 11.5 Å². The van der Waals surface area contributed by atoms with E-state index in [4.69, 9.17) is 4.74 Å². The molecule has 1 atom stereocenters. The Morgan fingerprint density at radius 2 is 2.25 bits per heavy atom. The van der Waals surface area contributed by atoms with Crippen LogP contribution in [0.3, 0.4) is 0 Å².